The van der Waals surface area contributed by atoms with Gasteiger partial charge in [0.2, 0.25) is 0 Å². The highest BCUT2D eigenvalue weighted by molar-refractivity contribution is 7.10. The lowest BCUT2D eigenvalue weighted by Crippen LogP contribution is -2.33. The minimum Gasteiger partial charge on any atom is -0.485 e. The Labute approximate surface area is 192 Å². The van der Waals surface area contributed by atoms with Crippen LogP contribution in [0.4, 0.5) is 11.6 Å². The van der Waals surface area contributed by atoms with E-state index in [4.69, 9.17) is 10.5 Å². The second-order valence-electron chi connectivity index (χ2n) is 7.91. The second-order valence-corrected chi connectivity index (χ2v) is 8.89. The summed E-state index contributed by atoms with van der Waals surface area (Å²) in [6.07, 6.45) is 0.916. The van der Waals surface area contributed by atoms with Gasteiger partial charge >= 0.3 is 0 Å². The van der Waals surface area contributed by atoms with Crippen molar-refractivity contribution < 1.29 is 9.53 Å². The highest BCUT2D eigenvalue weighted by Crippen LogP contribution is 2.29. The summed E-state index contributed by atoms with van der Waals surface area (Å²) < 4.78 is 6.28. The highest BCUT2D eigenvalue weighted by atomic mass is 32.1. The molecule has 1 unspecified atom stereocenters. The topological polar surface area (TPSA) is 83.7 Å². The summed E-state index contributed by atoms with van der Waals surface area (Å²) in [6, 6.07) is 15.6. The van der Waals surface area contributed by atoms with Gasteiger partial charge in [0.1, 0.15) is 23.5 Å². The van der Waals surface area contributed by atoms with E-state index in [-0.39, 0.29) is 12.0 Å². The molecule has 3 heterocycles. The van der Waals surface area contributed by atoms with Crippen LogP contribution in [0.2, 0.25) is 0 Å². The molecule has 1 aromatic carbocycles. The first-order valence-electron chi connectivity index (χ1n) is 10.8. The number of likely N-dealkylation sites (N-methyl/N-ethyl adjacent to an activating group) is 1. The molecule has 1 aliphatic rings. The summed E-state index contributed by atoms with van der Waals surface area (Å²) in [5.41, 5.74) is 7.47. The Bertz CT molecular complexity index is 1040. The number of nitrogen functional groups attached to an aromatic ring is 1. The van der Waals surface area contributed by atoms with Crippen molar-refractivity contribution in [3.8, 4) is 5.75 Å². The first-order chi connectivity index (χ1) is 15.5. The van der Waals surface area contributed by atoms with E-state index >= 15 is 0 Å². The smallest absolute Gasteiger partial charge is 0.257 e. The molecule has 0 radical (unpaired) electrons. The van der Waals surface area contributed by atoms with E-state index in [2.05, 4.69) is 27.8 Å². The number of rotatable bonds is 8. The van der Waals surface area contributed by atoms with E-state index in [1.54, 1.807) is 23.5 Å². The van der Waals surface area contributed by atoms with Gasteiger partial charge < -0.3 is 25.6 Å². The fraction of sp³-hybridized carbons (Fsp3) is 0.333. The van der Waals surface area contributed by atoms with Crippen LogP contribution in [-0.4, -0.2) is 49.5 Å². The van der Waals surface area contributed by atoms with Crippen LogP contribution >= 0.6 is 11.3 Å². The summed E-state index contributed by atoms with van der Waals surface area (Å²) in [4.78, 5) is 22.6. The van der Waals surface area contributed by atoms with Crippen LogP contribution in [-0.2, 0) is 6.54 Å². The first kappa shape index (κ1) is 22.1. The van der Waals surface area contributed by atoms with E-state index < -0.39 is 0 Å². The van der Waals surface area contributed by atoms with Crippen LogP contribution in [0.5, 0.6) is 5.75 Å². The quantitative estimate of drug-likeness (QED) is 0.545. The van der Waals surface area contributed by atoms with E-state index in [0.717, 1.165) is 24.3 Å². The molecule has 0 bridgehead atoms. The number of thiophene rings is 1. The summed E-state index contributed by atoms with van der Waals surface area (Å²) in [5, 5.41) is 5.27. The molecule has 3 aromatic rings. The lowest BCUT2D eigenvalue weighted by atomic mass is 10.1. The molecule has 0 fully saturated rings. The number of hydrogen-bond donors (Lipinski definition) is 2. The largest absolute Gasteiger partial charge is 0.485 e. The summed E-state index contributed by atoms with van der Waals surface area (Å²) in [7, 11) is 3.89. The maximum absolute atomic E-state index is 13.1. The van der Waals surface area contributed by atoms with E-state index in [1.807, 2.05) is 48.2 Å². The van der Waals surface area contributed by atoms with E-state index in [9.17, 15) is 4.79 Å². The zero-order valence-electron chi connectivity index (χ0n) is 18.5. The number of aromatic nitrogens is 1. The van der Waals surface area contributed by atoms with Crippen LogP contribution in [0.15, 0.2) is 53.9 Å². The predicted octanol–water partition coefficient (Wildman–Crippen LogP) is 3.55. The van der Waals surface area contributed by atoms with Gasteiger partial charge in [-0.1, -0.05) is 18.2 Å². The van der Waals surface area contributed by atoms with Gasteiger partial charge in [0, 0.05) is 38.0 Å². The monoisotopic (exact) mass is 451 g/mol. The number of pyridine rings is 1. The number of hydrogen-bond acceptors (Lipinski definition) is 7. The highest BCUT2D eigenvalue weighted by Gasteiger charge is 2.26. The van der Waals surface area contributed by atoms with Gasteiger partial charge in [0.15, 0.2) is 0 Å². The number of nitrogens with one attached hydrogen (secondary N) is 1. The Kier molecular flexibility index (Phi) is 6.92. The van der Waals surface area contributed by atoms with E-state index in [1.165, 1.54) is 4.88 Å². The van der Waals surface area contributed by atoms with Gasteiger partial charge in [-0.3, -0.25) is 4.79 Å². The zero-order chi connectivity index (χ0) is 22.5. The van der Waals surface area contributed by atoms with Crippen LogP contribution < -0.4 is 20.7 Å². The lowest BCUT2D eigenvalue weighted by molar-refractivity contribution is 0.0754. The molecule has 0 aliphatic carbocycles. The van der Waals surface area contributed by atoms with Crippen LogP contribution in [0.25, 0.3) is 0 Å². The molecule has 32 heavy (non-hydrogen) atoms. The second kappa shape index (κ2) is 10.0. The third-order valence-corrected chi connectivity index (χ3v) is 6.54. The van der Waals surface area contributed by atoms with Gasteiger partial charge in [-0.2, -0.15) is 0 Å². The average molecular weight is 452 g/mol. The average Bonchev–Trinajstić information content (AvgIpc) is 3.31. The fourth-order valence-corrected chi connectivity index (χ4v) is 4.58. The molecule has 0 spiro atoms. The third kappa shape index (κ3) is 5.03. The fourth-order valence-electron chi connectivity index (χ4n) is 3.79. The van der Waals surface area contributed by atoms with Gasteiger partial charge in [0.05, 0.1) is 5.56 Å². The number of fused-ring (bicyclic) bond motifs is 1. The summed E-state index contributed by atoms with van der Waals surface area (Å²) in [5.74, 6) is 1.86. The first-order valence-corrected chi connectivity index (χ1v) is 11.6. The molecule has 1 atom stereocenters. The van der Waals surface area contributed by atoms with Crippen molar-refractivity contribution in [2.75, 3.05) is 44.4 Å². The lowest BCUT2D eigenvalue weighted by Gasteiger charge is -2.22. The molecule has 4 rings (SSSR count). The Hall–Kier alpha value is -3.10. The minimum absolute atomic E-state index is 0.0208. The molecule has 7 nitrogen and oxygen atoms in total. The van der Waals surface area contributed by atoms with Crippen LogP contribution in [0.3, 0.4) is 0 Å². The number of amides is 1. The normalized spacial score (nSPS) is 14.8. The van der Waals surface area contributed by atoms with Crippen molar-refractivity contribution in [2.24, 2.45) is 0 Å². The molecule has 0 saturated carbocycles. The van der Waals surface area contributed by atoms with Crippen LogP contribution in [0.1, 0.15) is 33.3 Å². The number of ether oxygens (including phenoxy) is 1. The van der Waals surface area contributed by atoms with Gasteiger partial charge in [0.25, 0.3) is 5.91 Å². The summed E-state index contributed by atoms with van der Waals surface area (Å²) in [6.45, 7) is 2.73. The summed E-state index contributed by atoms with van der Waals surface area (Å²) >= 11 is 1.71. The Morgan fingerprint density at radius 2 is 2.00 bits per heavy atom. The molecule has 1 aliphatic heterocycles. The maximum Gasteiger partial charge on any atom is 0.257 e. The van der Waals surface area contributed by atoms with Crippen molar-refractivity contribution in [1.82, 2.24) is 15.2 Å². The Balaban J connectivity index is 1.45. The Morgan fingerprint density at radius 3 is 2.72 bits per heavy atom. The maximum atomic E-state index is 13.1. The molecule has 2 aromatic heterocycles. The van der Waals surface area contributed by atoms with E-state index in [0.29, 0.717) is 36.8 Å². The number of anilines is 2. The minimum atomic E-state index is -0.0259. The number of nitrogens with two attached hydrogens (primary N) is 1. The van der Waals surface area contributed by atoms with Crippen molar-refractivity contribution in [3.63, 3.8) is 0 Å². The number of benzene rings is 1. The zero-order valence-corrected chi connectivity index (χ0v) is 19.3. The van der Waals surface area contributed by atoms with Gasteiger partial charge in [-0.05, 0) is 54.9 Å². The predicted molar refractivity (Wildman–Crippen MR) is 129 cm³/mol. The Morgan fingerprint density at radius 1 is 1.19 bits per heavy atom. The molecule has 168 valence electrons. The molecular weight excluding hydrogens is 422 g/mol. The van der Waals surface area contributed by atoms with Gasteiger partial charge in [-0.15, -0.1) is 11.3 Å². The molecule has 3 N–H and O–H groups in total. The third-order valence-electron chi connectivity index (χ3n) is 5.57. The standard InChI is InChI=1S/C24H29N5O2S/c1-26-12-11-20(21-4-3-15-32-21)31-18-7-5-17(6-8-18)16-29-14-13-28(2)23-19(24(29)30)9-10-22(25)27-23/h3-10,15,20,26H,11-14,16H2,1-2H3,(H2,25,27). The number of carbonyl (C=O) groups is 1. The molecular formula is C24H29N5O2S. The van der Waals surface area contributed by atoms with Crippen molar-refractivity contribution >= 4 is 28.9 Å². The van der Waals surface area contributed by atoms with Gasteiger partial charge in [-0.25, -0.2) is 4.98 Å². The van der Waals surface area contributed by atoms with Crippen LogP contribution in [0, 0.1) is 0 Å². The molecule has 8 heteroatoms. The molecule has 1 amide bonds. The SMILES string of the molecule is CNCCC(Oc1ccc(CN2CCN(C)c3nc(N)ccc3C2=O)cc1)c1cccs1. The number of carbonyl (C=O) groups excluding carboxylic acids is 1. The van der Waals surface area contributed by atoms with Crippen molar-refractivity contribution in [2.45, 2.75) is 19.1 Å². The number of nitrogens with zero attached hydrogens (tertiary/aromatic N) is 3. The van der Waals surface area contributed by atoms with Crippen molar-refractivity contribution in [1.29, 1.82) is 0 Å². The molecule has 0 saturated heterocycles. The van der Waals surface area contributed by atoms with Crippen molar-refractivity contribution in [3.05, 3.63) is 69.9 Å².